The number of nitrogens with one attached hydrogen (secondary N) is 2. The topological polar surface area (TPSA) is 103 Å². The third kappa shape index (κ3) is 4.53. The van der Waals surface area contributed by atoms with Gasteiger partial charge in [0, 0.05) is 48.8 Å². The van der Waals surface area contributed by atoms with Crippen LogP contribution in [0.25, 0.3) is 21.9 Å². The number of hydrogen-bond donors (Lipinski definition) is 3. The van der Waals surface area contributed by atoms with E-state index in [9.17, 15) is 9.90 Å². The predicted molar refractivity (Wildman–Crippen MR) is 126 cm³/mol. The maximum Gasteiger partial charge on any atom is 0.267 e. The van der Waals surface area contributed by atoms with E-state index in [1.807, 2.05) is 42.5 Å². The number of fused-ring (bicyclic) bond motifs is 2. The van der Waals surface area contributed by atoms with Gasteiger partial charge in [-0.15, -0.1) is 0 Å². The molecule has 1 atom stereocenters. The van der Waals surface area contributed by atoms with Crippen molar-refractivity contribution < 1.29 is 14.6 Å². The van der Waals surface area contributed by atoms with Crippen LogP contribution in [0.2, 0.25) is 0 Å². The number of ether oxygens (including phenoxy) is 1. The van der Waals surface area contributed by atoms with Gasteiger partial charge < -0.3 is 25.0 Å². The average Bonchev–Trinajstić information content (AvgIpc) is 3.29. The largest absolute Gasteiger partial charge is 0.497 e. The third-order valence-corrected chi connectivity index (χ3v) is 6.33. The molecule has 1 fully saturated rings. The first-order chi connectivity index (χ1) is 16.1. The molecule has 0 aliphatic carbocycles. The highest BCUT2D eigenvalue weighted by atomic mass is 16.5. The molecule has 4 aromatic rings. The van der Waals surface area contributed by atoms with Crippen LogP contribution in [0, 0.1) is 0 Å². The maximum absolute atomic E-state index is 12.7. The van der Waals surface area contributed by atoms with Crippen molar-refractivity contribution in [3.05, 3.63) is 66.1 Å². The van der Waals surface area contributed by atoms with Gasteiger partial charge in [-0.2, -0.15) is 0 Å². The van der Waals surface area contributed by atoms with E-state index < -0.39 is 6.10 Å². The second-order valence-corrected chi connectivity index (χ2v) is 8.47. The van der Waals surface area contributed by atoms with Gasteiger partial charge in [0.25, 0.3) is 5.91 Å². The zero-order valence-electron chi connectivity index (χ0n) is 18.5. The lowest BCUT2D eigenvalue weighted by Gasteiger charge is -2.33. The van der Waals surface area contributed by atoms with Crippen LogP contribution < -0.4 is 10.1 Å². The highest BCUT2D eigenvalue weighted by molar-refractivity contribution is 5.97. The average molecular weight is 446 g/mol. The van der Waals surface area contributed by atoms with Gasteiger partial charge in [-0.05, 0) is 60.9 Å². The Balaban J connectivity index is 1.18. The van der Waals surface area contributed by atoms with Gasteiger partial charge in [0.2, 0.25) is 0 Å². The van der Waals surface area contributed by atoms with Crippen molar-refractivity contribution in [2.24, 2.45) is 0 Å². The zero-order valence-corrected chi connectivity index (χ0v) is 18.5. The number of benzene rings is 1. The summed E-state index contributed by atoms with van der Waals surface area (Å²) in [6.07, 6.45) is 4.47. The molecule has 0 unspecified atom stereocenters. The van der Waals surface area contributed by atoms with Gasteiger partial charge in [-0.1, -0.05) is 0 Å². The minimum absolute atomic E-state index is 0.108. The summed E-state index contributed by atoms with van der Waals surface area (Å²) < 4.78 is 5.34. The van der Waals surface area contributed by atoms with E-state index in [1.54, 1.807) is 19.5 Å². The predicted octanol–water partition coefficient (Wildman–Crippen LogP) is 3.05. The number of β-amino-alcohol motifs (C(OH)–C–C–N with tert-alkyl or cyclic N) is 1. The molecule has 4 heterocycles. The molecule has 1 saturated heterocycles. The van der Waals surface area contributed by atoms with E-state index >= 15 is 0 Å². The van der Waals surface area contributed by atoms with Crippen LogP contribution in [0.5, 0.6) is 5.75 Å². The van der Waals surface area contributed by atoms with Gasteiger partial charge in [0.05, 0.1) is 18.7 Å². The van der Waals surface area contributed by atoms with E-state index in [2.05, 4.69) is 25.2 Å². The molecular formula is C25H27N5O3. The van der Waals surface area contributed by atoms with E-state index in [0.29, 0.717) is 17.9 Å². The number of aliphatic hydroxyl groups is 1. The molecule has 3 N–H and O–H groups in total. The second-order valence-electron chi connectivity index (χ2n) is 8.47. The number of aromatic nitrogens is 3. The first-order valence-corrected chi connectivity index (χ1v) is 11.2. The number of pyridine rings is 2. The quantitative estimate of drug-likeness (QED) is 0.422. The Morgan fingerprint density at radius 1 is 1.21 bits per heavy atom. The summed E-state index contributed by atoms with van der Waals surface area (Å²) in [5.41, 5.74) is 2.93. The number of hydrogen-bond acceptors (Lipinski definition) is 6. The van der Waals surface area contributed by atoms with Gasteiger partial charge in [-0.3, -0.25) is 9.78 Å². The molecule has 33 heavy (non-hydrogen) atoms. The van der Waals surface area contributed by atoms with E-state index in [0.717, 1.165) is 53.5 Å². The molecule has 0 saturated carbocycles. The van der Waals surface area contributed by atoms with Gasteiger partial charge >= 0.3 is 0 Å². The molecule has 5 rings (SSSR count). The van der Waals surface area contributed by atoms with Crippen LogP contribution in [0.1, 0.15) is 35.0 Å². The summed E-state index contributed by atoms with van der Waals surface area (Å²) in [5.74, 6) is 0.634. The Kier molecular flexibility index (Phi) is 5.93. The molecule has 1 aliphatic rings. The minimum Gasteiger partial charge on any atom is -0.497 e. The molecule has 8 heteroatoms. The number of piperidine rings is 1. The van der Waals surface area contributed by atoms with E-state index in [4.69, 9.17) is 4.74 Å². The zero-order chi connectivity index (χ0) is 22.8. The van der Waals surface area contributed by atoms with Crippen molar-refractivity contribution in [2.45, 2.75) is 25.0 Å². The van der Waals surface area contributed by atoms with Crippen LogP contribution >= 0.6 is 0 Å². The Hall–Kier alpha value is -3.49. The van der Waals surface area contributed by atoms with Crippen molar-refractivity contribution in [1.29, 1.82) is 0 Å². The molecule has 8 nitrogen and oxygen atoms in total. The number of nitrogens with zero attached hydrogens (tertiary/aromatic N) is 3. The van der Waals surface area contributed by atoms with Gasteiger partial charge in [0.15, 0.2) is 0 Å². The van der Waals surface area contributed by atoms with Crippen LogP contribution in [-0.2, 0) is 0 Å². The van der Waals surface area contributed by atoms with Crippen molar-refractivity contribution in [1.82, 2.24) is 25.2 Å². The van der Waals surface area contributed by atoms with Gasteiger partial charge in [0.1, 0.15) is 17.1 Å². The fourth-order valence-electron chi connectivity index (χ4n) is 4.51. The summed E-state index contributed by atoms with van der Waals surface area (Å²) in [4.78, 5) is 26.6. The second kappa shape index (κ2) is 9.17. The number of aliphatic hydroxyl groups excluding tert-OH is 1. The number of methoxy groups -OCH3 is 1. The molecule has 3 aromatic heterocycles. The molecule has 1 aliphatic heterocycles. The van der Waals surface area contributed by atoms with E-state index in [1.165, 1.54) is 0 Å². The van der Waals surface area contributed by atoms with Crippen molar-refractivity contribution in [3.8, 4) is 5.75 Å². The monoisotopic (exact) mass is 445 g/mol. The summed E-state index contributed by atoms with van der Waals surface area (Å²) in [6.45, 7) is 2.15. The molecule has 1 aromatic carbocycles. The minimum atomic E-state index is -0.632. The van der Waals surface area contributed by atoms with Gasteiger partial charge in [-0.25, -0.2) is 4.98 Å². The van der Waals surface area contributed by atoms with Crippen molar-refractivity contribution >= 4 is 27.8 Å². The fourth-order valence-corrected chi connectivity index (χ4v) is 4.51. The lowest BCUT2D eigenvalue weighted by molar-refractivity contribution is 0.0828. The summed E-state index contributed by atoms with van der Waals surface area (Å²) >= 11 is 0. The summed E-state index contributed by atoms with van der Waals surface area (Å²) in [7, 11) is 1.63. The number of likely N-dealkylation sites (tertiary alicyclic amines) is 1. The first-order valence-electron chi connectivity index (χ1n) is 11.2. The number of rotatable bonds is 6. The summed E-state index contributed by atoms with van der Waals surface area (Å²) in [6, 6.07) is 13.3. The number of carbonyl (C=O) groups is 1. The molecular weight excluding hydrogens is 418 g/mol. The lowest BCUT2D eigenvalue weighted by atomic mass is 10.0. The Morgan fingerprint density at radius 2 is 2.06 bits per heavy atom. The molecule has 0 bridgehead atoms. The standard InChI is InChI=1S/C25H27N5O3/c1-33-18-4-5-21-20(14-18)19(6-10-26-21)23(31)15-30-11-7-17(8-12-30)28-25(32)22-13-16-3-2-9-27-24(16)29-22/h2-6,9-10,13-14,17,23,31H,7-8,11-12,15H2,1H3,(H,27,29)(H,28,32)/t23-/m0/s1. The summed E-state index contributed by atoms with van der Waals surface area (Å²) in [5, 5.41) is 15.9. The van der Waals surface area contributed by atoms with Crippen molar-refractivity contribution in [3.63, 3.8) is 0 Å². The highest BCUT2D eigenvalue weighted by Gasteiger charge is 2.24. The first kappa shape index (κ1) is 21.4. The Morgan fingerprint density at radius 3 is 2.85 bits per heavy atom. The Bertz CT molecular complexity index is 1250. The van der Waals surface area contributed by atoms with Crippen LogP contribution in [0.15, 0.2) is 54.9 Å². The number of aromatic amines is 1. The molecule has 1 amide bonds. The molecule has 0 radical (unpaired) electrons. The normalized spacial score (nSPS) is 16.2. The SMILES string of the molecule is COc1ccc2nccc([C@@H](O)CN3CCC(NC(=O)c4cc5cccnc5[nH]4)CC3)c2c1. The third-order valence-electron chi connectivity index (χ3n) is 6.33. The van der Waals surface area contributed by atoms with Crippen LogP contribution in [0.4, 0.5) is 0 Å². The number of H-pyrrole nitrogens is 1. The van der Waals surface area contributed by atoms with Crippen LogP contribution in [0.3, 0.4) is 0 Å². The highest BCUT2D eigenvalue weighted by Crippen LogP contribution is 2.27. The Labute approximate surface area is 191 Å². The number of carbonyl (C=O) groups excluding carboxylic acids is 1. The fraction of sp³-hybridized carbons (Fsp3) is 0.320. The van der Waals surface area contributed by atoms with E-state index in [-0.39, 0.29) is 11.9 Å². The number of amides is 1. The smallest absolute Gasteiger partial charge is 0.267 e. The van der Waals surface area contributed by atoms with Crippen molar-refractivity contribution in [2.75, 3.05) is 26.7 Å². The maximum atomic E-state index is 12.7. The molecule has 170 valence electrons. The molecule has 0 spiro atoms. The lowest BCUT2D eigenvalue weighted by Crippen LogP contribution is -2.45. The van der Waals surface area contributed by atoms with Crippen LogP contribution in [-0.4, -0.2) is 63.7 Å².